The first-order chi connectivity index (χ1) is 26.0. The zero-order valence-corrected chi connectivity index (χ0v) is 30.1. The fourth-order valence-corrected chi connectivity index (χ4v) is 5.21. The van der Waals surface area contributed by atoms with Gasteiger partial charge in [0.15, 0.2) is 0 Å². The highest BCUT2D eigenvalue weighted by molar-refractivity contribution is 5.99. The van der Waals surface area contributed by atoms with E-state index in [2.05, 4.69) is 21.3 Å². The predicted molar refractivity (Wildman–Crippen MR) is 191 cm³/mol. The van der Waals surface area contributed by atoms with Gasteiger partial charge in [-0.3, -0.25) is 43.7 Å². The second-order valence-corrected chi connectivity index (χ2v) is 12.7. The van der Waals surface area contributed by atoms with Crippen LogP contribution in [0.15, 0.2) is 48.5 Å². The molecule has 0 radical (unpaired) electrons. The smallest absolute Gasteiger partial charge is 0.481 e. The van der Waals surface area contributed by atoms with E-state index in [1.807, 2.05) is 0 Å². The molecule has 0 aromatic heterocycles. The molecule has 1 aliphatic rings. The number of anilines is 1. The van der Waals surface area contributed by atoms with Gasteiger partial charge in [0, 0.05) is 50.2 Å². The summed E-state index contributed by atoms with van der Waals surface area (Å²) in [5.74, 6) is -5.18. The minimum absolute atomic E-state index is 0.0399. The largest absolute Gasteiger partial charge is 0.514 e. The van der Waals surface area contributed by atoms with Gasteiger partial charge in [0.25, 0.3) is 5.69 Å². The Morgan fingerprint density at radius 3 is 2.04 bits per heavy atom. The number of rotatable bonds is 18. The third-order valence-electron chi connectivity index (χ3n) is 8.42. The molecule has 296 valence electrons. The summed E-state index contributed by atoms with van der Waals surface area (Å²) in [6.45, 7) is 3.08. The van der Waals surface area contributed by atoms with Crippen molar-refractivity contribution in [2.45, 2.75) is 77.1 Å². The van der Waals surface area contributed by atoms with E-state index in [4.69, 9.17) is 20.3 Å². The number of carbonyl (C=O) groups excluding carboxylic acids is 7. The number of hydrogen-bond acceptors (Lipinski definition) is 12. The number of nitrogens with zero attached hydrogens (tertiary/aromatic N) is 2. The maximum absolute atomic E-state index is 13.1. The molecular formula is C35H43N7O13. The van der Waals surface area contributed by atoms with Gasteiger partial charge in [-0.15, -0.1) is 0 Å². The molecule has 6 amide bonds. The Kier molecular flexibility index (Phi) is 16.0. The van der Waals surface area contributed by atoms with Crippen molar-refractivity contribution in [1.82, 2.24) is 20.9 Å². The number of primary amides is 1. The number of aliphatic carboxylic acids is 1. The molecular weight excluding hydrogens is 726 g/mol. The molecule has 1 saturated heterocycles. The van der Waals surface area contributed by atoms with Gasteiger partial charge in [0.2, 0.25) is 35.4 Å². The summed E-state index contributed by atoms with van der Waals surface area (Å²) in [5, 5.41) is 29.8. The van der Waals surface area contributed by atoms with Gasteiger partial charge in [-0.2, -0.15) is 0 Å². The molecule has 2 aromatic rings. The molecule has 2 aromatic carbocycles. The van der Waals surface area contributed by atoms with Gasteiger partial charge in [0.05, 0.1) is 10.8 Å². The molecule has 55 heavy (non-hydrogen) atoms. The number of piperidine rings is 1. The number of nitro groups is 1. The van der Waals surface area contributed by atoms with Gasteiger partial charge in [-0.1, -0.05) is 12.1 Å². The second kappa shape index (κ2) is 20.6. The van der Waals surface area contributed by atoms with Crippen molar-refractivity contribution in [2.75, 3.05) is 18.4 Å². The van der Waals surface area contributed by atoms with Crippen LogP contribution in [0.25, 0.3) is 0 Å². The number of carboxylic acid groups (broad SMARTS) is 1. The van der Waals surface area contributed by atoms with E-state index in [1.165, 1.54) is 55.1 Å². The second-order valence-electron chi connectivity index (χ2n) is 12.7. The number of carboxylic acids is 1. The molecule has 0 spiro atoms. The van der Waals surface area contributed by atoms with Gasteiger partial charge >= 0.3 is 12.1 Å². The Balaban J connectivity index is 1.45. The number of nitrogens with two attached hydrogens (primary N) is 1. The lowest BCUT2D eigenvalue weighted by atomic mass is 9.97. The van der Waals surface area contributed by atoms with Crippen molar-refractivity contribution in [3.63, 3.8) is 0 Å². The highest BCUT2D eigenvalue weighted by Gasteiger charge is 2.29. The van der Waals surface area contributed by atoms with Crippen molar-refractivity contribution in [1.29, 1.82) is 0 Å². The van der Waals surface area contributed by atoms with Crippen LogP contribution in [0.4, 0.5) is 16.2 Å². The summed E-state index contributed by atoms with van der Waals surface area (Å²) < 4.78 is 10.0. The maximum atomic E-state index is 13.1. The first kappa shape index (κ1) is 42.8. The number of carbonyl (C=O) groups is 8. The average Bonchev–Trinajstić information content (AvgIpc) is 3.15. The van der Waals surface area contributed by atoms with E-state index in [1.54, 1.807) is 0 Å². The zero-order valence-electron chi connectivity index (χ0n) is 30.1. The Morgan fingerprint density at radius 1 is 0.855 bits per heavy atom. The molecule has 0 aliphatic carbocycles. The molecule has 0 unspecified atom stereocenters. The molecule has 1 fully saturated rings. The van der Waals surface area contributed by atoms with Crippen LogP contribution in [0, 0.1) is 16.0 Å². The number of nitro benzene ring substituents is 1. The monoisotopic (exact) mass is 769 g/mol. The van der Waals surface area contributed by atoms with Crippen molar-refractivity contribution in [2.24, 2.45) is 11.7 Å². The van der Waals surface area contributed by atoms with E-state index in [-0.39, 0.29) is 68.4 Å². The van der Waals surface area contributed by atoms with Crippen molar-refractivity contribution in [3.05, 3.63) is 64.2 Å². The Hall–Kier alpha value is -6.60. The van der Waals surface area contributed by atoms with Crippen LogP contribution in [0.2, 0.25) is 0 Å². The number of ether oxygens (including phenoxy) is 2. The van der Waals surface area contributed by atoms with Crippen LogP contribution >= 0.6 is 0 Å². The third kappa shape index (κ3) is 14.4. The van der Waals surface area contributed by atoms with Crippen LogP contribution in [0.3, 0.4) is 0 Å². The first-order valence-electron chi connectivity index (χ1n) is 17.2. The first-order valence-corrected chi connectivity index (χ1v) is 17.2. The zero-order chi connectivity index (χ0) is 40.7. The number of non-ortho nitro benzene ring substituents is 1. The number of amides is 6. The molecule has 1 aliphatic heterocycles. The van der Waals surface area contributed by atoms with Crippen molar-refractivity contribution in [3.8, 4) is 5.75 Å². The predicted octanol–water partition coefficient (Wildman–Crippen LogP) is 1.11. The quantitative estimate of drug-likeness (QED) is 0.0537. The molecule has 3 atom stereocenters. The van der Waals surface area contributed by atoms with E-state index < -0.39 is 70.6 Å². The minimum Gasteiger partial charge on any atom is -0.481 e. The summed E-state index contributed by atoms with van der Waals surface area (Å²) >= 11 is 0. The molecule has 20 heteroatoms. The molecule has 0 bridgehead atoms. The normalized spacial score (nSPS) is 14.3. The van der Waals surface area contributed by atoms with Gasteiger partial charge in [0.1, 0.15) is 30.5 Å². The fourth-order valence-electron chi connectivity index (χ4n) is 5.21. The highest BCUT2D eigenvalue weighted by Crippen LogP contribution is 2.19. The lowest BCUT2D eigenvalue weighted by Gasteiger charge is -2.30. The third-order valence-corrected chi connectivity index (χ3v) is 8.42. The van der Waals surface area contributed by atoms with Crippen LogP contribution in [-0.2, 0) is 44.9 Å². The van der Waals surface area contributed by atoms with E-state index in [9.17, 15) is 48.5 Å². The number of hydrogen-bond donors (Lipinski definition) is 6. The van der Waals surface area contributed by atoms with Crippen molar-refractivity contribution >= 4 is 58.9 Å². The summed E-state index contributed by atoms with van der Waals surface area (Å²) in [6.07, 6.45) is -1.15. The lowest BCUT2D eigenvalue weighted by molar-refractivity contribution is -0.384. The Bertz CT molecular complexity index is 1740. The lowest BCUT2D eigenvalue weighted by Crippen LogP contribution is -2.54. The van der Waals surface area contributed by atoms with Gasteiger partial charge in [-0.05, 0) is 62.9 Å². The van der Waals surface area contributed by atoms with E-state index in [0.717, 1.165) is 12.1 Å². The van der Waals surface area contributed by atoms with Gasteiger partial charge < -0.3 is 46.5 Å². The van der Waals surface area contributed by atoms with Crippen LogP contribution in [-0.4, -0.2) is 93.7 Å². The van der Waals surface area contributed by atoms with Gasteiger partial charge in [-0.25, -0.2) is 4.79 Å². The average molecular weight is 770 g/mol. The SMILES string of the molecule is C[C@H](NC(=O)CCC(=O)N1CCC(C(=O)O)CC1)C(=O)N[C@@H](C)C(=O)N[C@@H](CCC(N)=O)C(=O)Nc1ccc(COC(=O)Oc2ccc([N+](=O)[O-])cc2)cc1. The van der Waals surface area contributed by atoms with Crippen LogP contribution in [0.5, 0.6) is 5.75 Å². The molecule has 20 nitrogen and oxygen atoms in total. The molecule has 3 rings (SSSR count). The number of benzene rings is 2. The number of likely N-dealkylation sites (tertiary alicyclic amines) is 1. The van der Waals surface area contributed by atoms with Crippen LogP contribution in [0.1, 0.15) is 57.9 Å². The van der Waals surface area contributed by atoms with Crippen LogP contribution < -0.4 is 31.7 Å². The Morgan fingerprint density at radius 2 is 1.45 bits per heavy atom. The summed E-state index contributed by atoms with van der Waals surface area (Å²) in [4.78, 5) is 110. The van der Waals surface area contributed by atoms with Crippen molar-refractivity contribution < 1.29 is 57.9 Å². The standard InChI is InChI=1S/C35H43N7O13/c1-20(37-29(44)13-14-30(45)41-17-15-23(16-18-41)34(49)50)31(46)38-21(2)32(47)40-27(11-12-28(36)43)33(48)39-24-5-3-22(4-6-24)19-54-35(51)55-26-9-7-25(8-10-26)42(52)53/h3-10,20-21,23,27H,11-19H2,1-2H3,(H2,36,43)(H,37,44)(H,38,46)(H,39,48)(H,40,47)(H,49,50)/t20-,21-,27-/m0/s1. The minimum atomic E-state index is -1.25. The summed E-state index contributed by atoms with van der Waals surface area (Å²) in [7, 11) is 0. The summed E-state index contributed by atoms with van der Waals surface area (Å²) in [5.41, 5.74) is 5.87. The number of nitrogens with one attached hydrogen (secondary N) is 4. The Labute approximate surface area is 314 Å². The van der Waals surface area contributed by atoms with E-state index >= 15 is 0 Å². The fraction of sp³-hybridized carbons (Fsp3) is 0.429. The molecule has 1 heterocycles. The molecule has 7 N–H and O–H groups in total. The topological polar surface area (TPSA) is 296 Å². The highest BCUT2D eigenvalue weighted by atomic mass is 16.7. The van der Waals surface area contributed by atoms with E-state index in [0.29, 0.717) is 18.4 Å². The molecule has 0 saturated carbocycles. The summed E-state index contributed by atoms with van der Waals surface area (Å²) in [6, 6.07) is 7.34. The maximum Gasteiger partial charge on any atom is 0.514 e.